The predicted molar refractivity (Wildman–Crippen MR) is 215 cm³/mol. The Balaban J connectivity index is 4.13. The molecular weight excluding hydrogens is 695 g/mol. The molecule has 0 fully saturated rings. The summed E-state index contributed by atoms with van der Waals surface area (Å²) in [5.41, 5.74) is 0. The van der Waals surface area contributed by atoms with Crippen molar-refractivity contribution in [2.45, 2.75) is 232 Å². The van der Waals surface area contributed by atoms with Gasteiger partial charge in [-0.2, -0.15) is 0 Å². The Morgan fingerprint density at radius 2 is 0.811 bits per heavy atom. The quantitative estimate of drug-likeness (QED) is 0.0310. The molecule has 0 aliphatic heterocycles. The van der Waals surface area contributed by atoms with Gasteiger partial charge in [0.25, 0.3) is 0 Å². The average Bonchev–Trinajstić information content (AvgIpc) is 3.14. The van der Waals surface area contributed by atoms with Crippen LogP contribution in [-0.4, -0.2) is 65.7 Å². The number of hydrogen-bond acceptors (Lipinski definition) is 9. The highest BCUT2D eigenvalue weighted by Gasteiger charge is 2.27. The summed E-state index contributed by atoms with van der Waals surface area (Å²) in [6.07, 6.45) is 35.1. The van der Waals surface area contributed by atoms with Gasteiger partial charge in [0.2, 0.25) is 0 Å². The van der Waals surface area contributed by atoms with Gasteiger partial charge < -0.3 is 24.6 Å². The molecule has 53 heavy (non-hydrogen) atoms. The minimum Gasteiger partial charge on any atom is -0.462 e. The number of hydrogen-bond donors (Lipinski definition) is 3. The van der Waals surface area contributed by atoms with E-state index in [-0.39, 0.29) is 19.4 Å². The lowest BCUT2D eigenvalue weighted by molar-refractivity contribution is -0.161. The molecule has 0 bridgehead atoms. The fourth-order valence-corrected chi connectivity index (χ4v) is 7.14. The normalized spacial score (nSPS) is 13.8. The molecule has 0 amide bonds. The lowest BCUT2D eigenvalue weighted by Gasteiger charge is -2.20. The average molecular weight is 779 g/mol. The number of esters is 2. The SMILES string of the molecule is CCCCCCCCCCCCCCCCCCCCCCCC(=O)OC(COC(=O)CCCCCCCCCCC)COP(=O)(O)OCC(O)CO. The number of aliphatic hydroxyl groups excluding tert-OH is 2. The first-order valence-corrected chi connectivity index (χ1v) is 23.5. The zero-order valence-electron chi connectivity index (χ0n) is 34.3. The van der Waals surface area contributed by atoms with Gasteiger partial charge >= 0.3 is 19.8 Å². The Bertz CT molecular complexity index is 858. The van der Waals surface area contributed by atoms with Gasteiger partial charge in [-0.3, -0.25) is 18.6 Å². The summed E-state index contributed by atoms with van der Waals surface area (Å²) >= 11 is 0. The predicted octanol–water partition coefficient (Wildman–Crippen LogP) is 11.5. The van der Waals surface area contributed by atoms with Crippen LogP contribution in [0.2, 0.25) is 0 Å². The molecule has 0 aromatic heterocycles. The van der Waals surface area contributed by atoms with Gasteiger partial charge in [0.15, 0.2) is 6.10 Å². The summed E-state index contributed by atoms with van der Waals surface area (Å²) in [6, 6.07) is 0. The molecule has 0 spiro atoms. The number of carbonyl (C=O) groups is 2. The van der Waals surface area contributed by atoms with Crippen molar-refractivity contribution in [3.8, 4) is 0 Å². The van der Waals surface area contributed by atoms with E-state index < -0.39 is 51.8 Å². The van der Waals surface area contributed by atoms with E-state index in [1.165, 1.54) is 141 Å². The monoisotopic (exact) mass is 779 g/mol. The summed E-state index contributed by atoms with van der Waals surface area (Å²) in [4.78, 5) is 34.9. The summed E-state index contributed by atoms with van der Waals surface area (Å²) in [5, 5.41) is 18.3. The van der Waals surface area contributed by atoms with E-state index in [9.17, 15) is 24.2 Å². The maximum absolute atomic E-state index is 12.6. The number of ether oxygens (including phenoxy) is 2. The highest BCUT2D eigenvalue weighted by Crippen LogP contribution is 2.43. The van der Waals surface area contributed by atoms with E-state index in [0.717, 1.165) is 38.5 Å². The Labute approximate surface area is 324 Å². The molecule has 0 aromatic carbocycles. The largest absolute Gasteiger partial charge is 0.472 e. The molecule has 3 N–H and O–H groups in total. The van der Waals surface area contributed by atoms with E-state index in [2.05, 4.69) is 18.4 Å². The number of carbonyl (C=O) groups excluding carboxylic acids is 2. The molecule has 316 valence electrons. The van der Waals surface area contributed by atoms with Crippen LogP contribution in [0.4, 0.5) is 0 Å². The van der Waals surface area contributed by atoms with Gasteiger partial charge in [-0.1, -0.05) is 194 Å². The zero-order valence-corrected chi connectivity index (χ0v) is 35.2. The van der Waals surface area contributed by atoms with Gasteiger partial charge in [0, 0.05) is 12.8 Å². The Morgan fingerprint density at radius 3 is 1.17 bits per heavy atom. The summed E-state index contributed by atoms with van der Waals surface area (Å²) in [7, 11) is -4.60. The smallest absolute Gasteiger partial charge is 0.462 e. The minimum absolute atomic E-state index is 0.192. The standard InChI is InChI=1S/C42H83O10P/c1-3-5-7-9-11-13-14-15-16-17-18-19-20-21-22-23-24-26-28-30-32-34-42(46)52-40(38-51-53(47,48)50-36-39(44)35-43)37-49-41(45)33-31-29-27-25-12-10-8-6-4-2/h39-40,43-44H,3-38H2,1-2H3,(H,47,48). The van der Waals surface area contributed by atoms with Crippen LogP contribution in [-0.2, 0) is 32.7 Å². The lowest BCUT2D eigenvalue weighted by Crippen LogP contribution is -2.29. The molecule has 0 aliphatic rings. The van der Waals surface area contributed by atoms with E-state index in [1.54, 1.807) is 0 Å². The number of rotatable bonds is 42. The number of unbranched alkanes of at least 4 members (excludes halogenated alkanes) is 28. The molecule has 0 aliphatic carbocycles. The second-order valence-electron chi connectivity index (χ2n) is 15.1. The number of phosphoric ester groups is 1. The molecular formula is C42H83O10P. The van der Waals surface area contributed by atoms with E-state index >= 15 is 0 Å². The second-order valence-corrected chi connectivity index (χ2v) is 16.5. The third-order valence-electron chi connectivity index (χ3n) is 9.76. The fraction of sp³-hybridized carbons (Fsp3) is 0.952. The fourth-order valence-electron chi connectivity index (χ4n) is 6.35. The molecule has 3 atom stereocenters. The molecule has 0 saturated heterocycles. The zero-order chi connectivity index (χ0) is 39.1. The van der Waals surface area contributed by atoms with Crippen molar-refractivity contribution >= 4 is 19.8 Å². The van der Waals surface area contributed by atoms with Crippen LogP contribution in [0.3, 0.4) is 0 Å². The van der Waals surface area contributed by atoms with Crippen molar-refractivity contribution in [3.63, 3.8) is 0 Å². The van der Waals surface area contributed by atoms with Crippen LogP contribution in [0.1, 0.15) is 219 Å². The first kappa shape index (κ1) is 52.0. The van der Waals surface area contributed by atoms with E-state index in [4.69, 9.17) is 19.1 Å². The van der Waals surface area contributed by atoms with Crippen molar-refractivity contribution < 1.29 is 47.8 Å². The first-order valence-electron chi connectivity index (χ1n) is 22.0. The third-order valence-corrected chi connectivity index (χ3v) is 10.7. The van der Waals surface area contributed by atoms with Gasteiger partial charge in [0.1, 0.15) is 12.7 Å². The Morgan fingerprint density at radius 1 is 0.491 bits per heavy atom. The molecule has 0 aromatic rings. The minimum atomic E-state index is -4.60. The molecule has 3 unspecified atom stereocenters. The first-order chi connectivity index (χ1) is 25.7. The van der Waals surface area contributed by atoms with Crippen LogP contribution in [0.25, 0.3) is 0 Å². The van der Waals surface area contributed by atoms with Crippen LogP contribution in [0.5, 0.6) is 0 Å². The van der Waals surface area contributed by atoms with Crippen LogP contribution < -0.4 is 0 Å². The summed E-state index contributed by atoms with van der Waals surface area (Å²) < 4.78 is 32.6. The van der Waals surface area contributed by atoms with Gasteiger partial charge in [-0.05, 0) is 12.8 Å². The topological polar surface area (TPSA) is 149 Å². The Kier molecular flexibility index (Phi) is 38.5. The molecule has 11 heteroatoms. The second kappa shape index (κ2) is 39.2. The molecule has 0 heterocycles. The lowest BCUT2D eigenvalue weighted by atomic mass is 10.0. The van der Waals surface area contributed by atoms with E-state index in [0.29, 0.717) is 12.8 Å². The highest BCUT2D eigenvalue weighted by atomic mass is 31.2. The number of phosphoric acid groups is 1. The van der Waals surface area contributed by atoms with Gasteiger partial charge in [0.05, 0.1) is 19.8 Å². The van der Waals surface area contributed by atoms with Crippen molar-refractivity contribution in [1.82, 2.24) is 0 Å². The van der Waals surface area contributed by atoms with Crippen LogP contribution in [0.15, 0.2) is 0 Å². The van der Waals surface area contributed by atoms with Gasteiger partial charge in [-0.25, -0.2) is 4.57 Å². The van der Waals surface area contributed by atoms with Crippen molar-refractivity contribution in [2.24, 2.45) is 0 Å². The van der Waals surface area contributed by atoms with E-state index in [1.807, 2.05) is 0 Å². The molecule has 10 nitrogen and oxygen atoms in total. The van der Waals surface area contributed by atoms with Crippen molar-refractivity contribution in [1.29, 1.82) is 0 Å². The van der Waals surface area contributed by atoms with Gasteiger partial charge in [-0.15, -0.1) is 0 Å². The van der Waals surface area contributed by atoms with Crippen molar-refractivity contribution in [2.75, 3.05) is 26.4 Å². The van der Waals surface area contributed by atoms with Crippen molar-refractivity contribution in [3.05, 3.63) is 0 Å². The molecule has 0 radical (unpaired) electrons. The third kappa shape index (κ3) is 39.0. The molecule has 0 rings (SSSR count). The number of aliphatic hydroxyl groups is 2. The Hall–Kier alpha value is -1.03. The summed E-state index contributed by atoms with van der Waals surface area (Å²) in [5.74, 6) is -0.913. The maximum Gasteiger partial charge on any atom is 0.472 e. The molecule has 0 saturated carbocycles. The maximum atomic E-state index is 12.6. The van der Waals surface area contributed by atoms with Crippen LogP contribution >= 0.6 is 7.82 Å². The summed E-state index contributed by atoms with van der Waals surface area (Å²) in [6.45, 7) is 2.39. The van der Waals surface area contributed by atoms with Crippen LogP contribution in [0, 0.1) is 0 Å². The highest BCUT2D eigenvalue weighted by molar-refractivity contribution is 7.47.